The van der Waals surface area contributed by atoms with Gasteiger partial charge in [-0.05, 0) is 62.6 Å². The molecule has 11 heteroatoms. The van der Waals surface area contributed by atoms with Gasteiger partial charge in [0, 0.05) is 23.1 Å². The van der Waals surface area contributed by atoms with Crippen LogP contribution >= 0.6 is 27.5 Å². The van der Waals surface area contributed by atoms with E-state index in [0.29, 0.717) is 41.6 Å². The Morgan fingerprint density at radius 1 is 1.21 bits per heavy atom. The van der Waals surface area contributed by atoms with Gasteiger partial charge in [-0.1, -0.05) is 44.9 Å². The molecular formula is C27H27BrClFN6O2. The molecule has 0 bridgehead atoms. The van der Waals surface area contributed by atoms with Crippen molar-refractivity contribution in [3.8, 4) is 5.69 Å². The fourth-order valence-corrected chi connectivity index (χ4v) is 5.03. The van der Waals surface area contributed by atoms with E-state index in [0.717, 1.165) is 34.3 Å². The minimum absolute atomic E-state index is 0.0184. The molecule has 1 amide bonds. The number of benzene rings is 2. The fraction of sp³-hybridized carbons (Fsp3) is 0.333. The zero-order chi connectivity index (χ0) is 26.8. The Morgan fingerprint density at radius 2 is 2.00 bits per heavy atom. The van der Waals surface area contributed by atoms with Crippen LogP contribution in [0.25, 0.3) is 5.69 Å². The lowest BCUT2D eigenvalue weighted by Gasteiger charge is -2.32. The van der Waals surface area contributed by atoms with E-state index in [4.69, 9.17) is 16.3 Å². The third-order valence-electron chi connectivity index (χ3n) is 6.65. The smallest absolute Gasteiger partial charge is 0.253 e. The van der Waals surface area contributed by atoms with E-state index in [-0.39, 0.29) is 18.6 Å². The van der Waals surface area contributed by atoms with Crippen LogP contribution in [0.2, 0.25) is 5.02 Å². The number of likely N-dealkylation sites (tertiary alicyclic amines) is 1. The van der Waals surface area contributed by atoms with Gasteiger partial charge in [0.1, 0.15) is 17.2 Å². The Bertz CT molecular complexity index is 1450. The number of rotatable bonds is 7. The van der Waals surface area contributed by atoms with Crippen LogP contribution in [0.5, 0.6) is 0 Å². The van der Waals surface area contributed by atoms with Gasteiger partial charge in [-0.25, -0.2) is 9.07 Å². The highest BCUT2D eigenvalue weighted by molar-refractivity contribution is 9.10. The molecule has 5 rings (SSSR count). The number of aromatic nitrogens is 5. The summed E-state index contributed by atoms with van der Waals surface area (Å²) in [5.74, 6) is -0.411. The zero-order valence-corrected chi connectivity index (χ0v) is 23.4. The molecule has 0 aliphatic carbocycles. The molecular weight excluding hydrogens is 575 g/mol. The standard InChI is InChI=1S/C27H27BrClFN6O2/c1-17-26(29)18(2)35(32-17)13-19-5-7-20(8-6-19)27(37)34-11-3-4-23(15-34)38-16-22-14-36(33-31-22)25-12-21(28)9-10-24(25)30/h5-10,12,14,23H,3-4,11,13,15-16H2,1-2H3. The Balaban J connectivity index is 1.17. The molecule has 0 N–H and O–H groups in total. The van der Waals surface area contributed by atoms with Gasteiger partial charge < -0.3 is 9.64 Å². The lowest BCUT2D eigenvalue weighted by molar-refractivity contribution is -0.00788. The van der Waals surface area contributed by atoms with Gasteiger partial charge in [-0.2, -0.15) is 5.10 Å². The highest BCUT2D eigenvalue weighted by Gasteiger charge is 2.25. The van der Waals surface area contributed by atoms with E-state index < -0.39 is 5.82 Å². The largest absolute Gasteiger partial charge is 0.370 e. The number of halogens is 3. The van der Waals surface area contributed by atoms with Crippen molar-refractivity contribution in [1.29, 1.82) is 0 Å². The lowest BCUT2D eigenvalue weighted by atomic mass is 10.1. The minimum Gasteiger partial charge on any atom is -0.370 e. The van der Waals surface area contributed by atoms with Crippen LogP contribution in [-0.4, -0.2) is 54.8 Å². The maximum absolute atomic E-state index is 14.2. The number of amides is 1. The van der Waals surface area contributed by atoms with E-state index in [2.05, 4.69) is 31.3 Å². The van der Waals surface area contributed by atoms with Crippen LogP contribution in [-0.2, 0) is 17.9 Å². The van der Waals surface area contributed by atoms with Crippen LogP contribution in [0.1, 0.15) is 45.8 Å². The van der Waals surface area contributed by atoms with Crippen molar-refractivity contribution in [2.24, 2.45) is 0 Å². The maximum Gasteiger partial charge on any atom is 0.253 e. The van der Waals surface area contributed by atoms with Gasteiger partial charge >= 0.3 is 0 Å². The molecule has 8 nitrogen and oxygen atoms in total. The average molecular weight is 602 g/mol. The number of nitrogens with zero attached hydrogens (tertiary/aromatic N) is 6. The highest BCUT2D eigenvalue weighted by Crippen LogP contribution is 2.22. The number of carbonyl (C=O) groups is 1. The number of piperidine rings is 1. The fourth-order valence-electron chi connectivity index (χ4n) is 4.54. The predicted molar refractivity (Wildman–Crippen MR) is 145 cm³/mol. The van der Waals surface area contributed by atoms with Crippen molar-refractivity contribution in [2.45, 2.75) is 45.9 Å². The summed E-state index contributed by atoms with van der Waals surface area (Å²) in [6, 6.07) is 12.3. The van der Waals surface area contributed by atoms with E-state index in [1.807, 2.05) is 47.7 Å². The molecule has 1 aliphatic heterocycles. The normalized spacial score (nSPS) is 15.7. The molecule has 38 heavy (non-hydrogen) atoms. The van der Waals surface area contributed by atoms with Crippen molar-refractivity contribution in [3.63, 3.8) is 0 Å². The van der Waals surface area contributed by atoms with E-state index in [1.54, 1.807) is 18.3 Å². The van der Waals surface area contributed by atoms with Crippen LogP contribution in [0, 0.1) is 19.7 Å². The van der Waals surface area contributed by atoms with Crippen molar-refractivity contribution < 1.29 is 13.9 Å². The van der Waals surface area contributed by atoms with Gasteiger partial charge in [-0.3, -0.25) is 9.48 Å². The molecule has 0 saturated carbocycles. The van der Waals surface area contributed by atoms with Crippen molar-refractivity contribution in [3.05, 3.63) is 92.2 Å². The van der Waals surface area contributed by atoms with Gasteiger partial charge in [0.05, 0.1) is 41.9 Å². The number of hydrogen-bond acceptors (Lipinski definition) is 5. The van der Waals surface area contributed by atoms with Crippen LogP contribution < -0.4 is 0 Å². The van der Waals surface area contributed by atoms with Crippen LogP contribution in [0.15, 0.2) is 53.1 Å². The molecule has 1 aliphatic rings. The molecule has 0 spiro atoms. The second-order valence-electron chi connectivity index (χ2n) is 9.42. The summed E-state index contributed by atoms with van der Waals surface area (Å²) in [5.41, 5.74) is 4.30. The van der Waals surface area contributed by atoms with Crippen molar-refractivity contribution in [2.75, 3.05) is 13.1 Å². The topological polar surface area (TPSA) is 78.1 Å². The van der Waals surface area contributed by atoms with Gasteiger partial charge in [0.2, 0.25) is 0 Å². The lowest BCUT2D eigenvalue weighted by Crippen LogP contribution is -2.43. The molecule has 2 aromatic heterocycles. The molecule has 1 fully saturated rings. The van der Waals surface area contributed by atoms with Crippen molar-refractivity contribution in [1.82, 2.24) is 29.7 Å². The summed E-state index contributed by atoms with van der Waals surface area (Å²) in [4.78, 5) is 15.0. The number of carbonyl (C=O) groups excluding carboxylic acids is 1. The second kappa shape index (κ2) is 11.3. The highest BCUT2D eigenvalue weighted by atomic mass is 79.9. The summed E-state index contributed by atoms with van der Waals surface area (Å²) in [6.07, 6.45) is 3.24. The SMILES string of the molecule is Cc1nn(Cc2ccc(C(=O)N3CCCC(OCc4cn(-c5cc(Br)ccc5F)nn4)C3)cc2)c(C)c1Cl. The number of ether oxygens (including phenoxy) is 1. The summed E-state index contributed by atoms with van der Waals surface area (Å²) < 4.78 is 24.2. The summed E-state index contributed by atoms with van der Waals surface area (Å²) in [6.45, 7) is 5.83. The first-order valence-electron chi connectivity index (χ1n) is 12.3. The Kier molecular flexibility index (Phi) is 7.92. The summed E-state index contributed by atoms with van der Waals surface area (Å²) in [5, 5.41) is 13.3. The maximum atomic E-state index is 14.2. The Labute approximate surface area is 233 Å². The molecule has 1 saturated heterocycles. The first-order valence-corrected chi connectivity index (χ1v) is 13.5. The van der Waals surface area contributed by atoms with E-state index in [1.165, 1.54) is 10.7 Å². The number of hydrogen-bond donors (Lipinski definition) is 0. The molecule has 4 aromatic rings. The molecule has 1 atom stereocenters. The quantitative estimate of drug-likeness (QED) is 0.279. The third-order valence-corrected chi connectivity index (χ3v) is 7.69. The summed E-state index contributed by atoms with van der Waals surface area (Å²) >= 11 is 9.60. The minimum atomic E-state index is -0.393. The second-order valence-corrected chi connectivity index (χ2v) is 10.7. The Hall–Kier alpha value is -3.08. The molecule has 3 heterocycles. The zero-order valence-electron chi connectivity index (χ0n) is 21.1. The third kappa shape index (κ3) is 5.82. The summed E-state index contributed by atoms with van der Waals surface area (Å²) in [7, 11) is 0. The van der Waals surface area contributed by atoms with Crippen LogP contribution in [0.3, 0.4) is 0 Å². The van der Waals surface area contributed by atoms with E-state index >= 15 is 0 Å². The van der Waals surface area contributed by atoms with E-state index in [9.17, 15) is 9.18 Å². The van der Waals surface area contributed by atoms with Gasteiger partial charge in [0.25, 0.3) is 5.91 Å². The molecule has 0 radical (unpaired) electrons. The molecule has 2 aromatic carbocycles. The molecule has 198 valence electrons. The first kappa shape index (κ1) is 26.5. The number of aryl methyl sites for hydroxylation is 1. The average Bonchev–Trinajstić information content (AvgIpc) is 3.49. The first-order chi connectivity index (χ1) is 18.3. The molecule has 1 unspecified atom stereocenters. The Morgan fingerprint density at radius 3 is 2.74 bits per heavy atom. The van der Waals surface area contributed by atoms with Crippen LogP contribution in [0.4, 0.5) is 4.39 Å². The monoisotopic (exact) mass is 600 g/mol. The predicted octanol–water partition coefficient (Wildman–Crippen LogP) is 5.51. The van der Waals surface area contributed by atoms with Gasteiger partial charge in [-0.15, -0.1) is 5.10 Å². The van der Waals surface area contributed by atoms with Gasteiger partial charge in [0.15, 0.2) is 0 Å². The van der Waals surface area contributed by atoms with Crippen molar-refractivity contribution >= 4 is 33.4 Å².